The van der Waals surface area contributed by atoms with Crippen LogP contribution in [0.15, 0.2) is 47.3 Å². The lowest BCUT2D eigenvalue weighted by molar-refractivity contribution is -0.384. The summed E-state index contributed by atoms with van der Waals surface area (Å²) in [7, 11) is 0. The zero-order chi connectivity index (χ0) is 21.1. The van der Waals surface area contributed by atoms with Gasteiger partial charge in [-0.15, -0.1) is 0 Å². The maximum Gasteiger partial charge on any atom is 0.269 e. The van der Waals surface area contributed by atoms with Gasteiger partial charge in [-0.1, -0.05) is 0 Å². The van der Waals surface area contributed by atoms with E-state index in [2.05, 4.69) is 4.90 Å². The molecular weight excluding hydrogens is 388 g/mol. The summed E-state index contributed by atoms with van der Waals surface area (Å²) in [5.41, 5.74) is 1.50. The molecule has 0 N–H and O–H groups in total. The standard InChI is InChI=1S/C21H24N4O5/c26-20(16-2-1-8-24(14-16)21(27)17-7-13-30-15-17)23-11-9-22(10-12-23)18-3-5-19(6-4-18)25(28)29/h3-7,13,15-16H,1-2,8-12,14H2/t16-/m1/s1. The molecule has 9 heteroatoms. The van der Waals surface area contributed by atoms with Crippen molar-refractivity contribution < 1.29 is 18.9 Å². The molecule has 1 aromatic carbocycles. The first-order valence-electron chi connectivity index (χ1n) is 10.1. The number of nitrogens with zero attached hydrogens (tertiary/aromatic N) is 4. The van der Waals surface area contributed by atoms with Crippen LogP contribution in [-0.4, -0.2) is 65.8 Å². The molecule has 2 aromatic rings. The second-order valence-corrected chi connectivity index (χ2v) is 7.69. The van der Waals surface area contributed by atoms with Gasteiger partial charge in [0.15, 0.2) is 0 Å². The molecule has 2 amide bonds. The highest BCUT2D eigenvalue weighted by atomic mass is 16.6. The minimum Gasteiger partial charge on any atom is -0.472 e. The van der Waals surface area contributed by atoms with Crippen molar-refractivity contribution >= 4 is 23.2 Å². The molecule has 0 bridgehead atoms. The van der Waals surface area contributed by atoms with E-state index in [1.807, 2.05) is 4.90 Å². The smallest absolute Gasteiger partial charge is 0.269 e. The number of anilines is 1. The van der Waals surface area contributed by atoms with Crippen molar-refractivity contribution in [3.8, 4) is 0 Å². The van der Waals surface area contributed by atoms with Gasteiger partial charge in [0, 0.05) is 57.1 Å². The van der Waals surface area contributed by atoms with Crippen LogP contribution in [0.4, 0.5) is 11.4 Å². The van der Waals surface area contributed by atoms with E-state index in [1.54, 1.807) is 23.1 Å². The Balaban J connectivity index is 1.32. The topological polar surface area (TPSA) is 100 Å². The average molecular weight is 412 g/mol. The summed E-state index contributed by atoms with van der Waals surface area (Å²) >= 11 is 0. The van der Waals surface area contributed by atoms with E-state index in [9.17, 15) is 19.7 Å². The lowest BCUT2D eigenvalue weighted by Gasteiger charge is -2.39. The van der Waals surface area contributed by atoms with Gasteiger partial charge in [-0.2, -0.15) is 0 Å². The number of amides is 2. The maximum absolute atomic E-state index is 13.0. The number of piperazine rings is 1. The number of carbonyl (C=O) groups is 2. The van der Waals surface area contributed by atoms with Gasteiger partial charge in [0.05, 0.1) is 22.7 Å². The number of rotatable bonds is 4. The number of likely N-dealkylation sites (tertiary alicyclic amines) is 1. The highest BCUT2D eigenvalue weighted by Crippen LogP contribution is 2.24. The first kappa shape index (κ1) is 19.9. The number of hydrogen-bond acceptors (Lipinski definition) is 6. The maximum atomic E-state index is 13.0. The van der Waals surface area contributed by atoms with Crippen molar-refractivity contribution in [3.63, 3.8) is 0 Å². The first-order valence-corrected chi connectivity index (χ1v) is 10.1. The minimum absolute atomic E-state index is 0.0689. The van der Waals surface area contributed by atoms with Crippen molar-refractivity contribution in [2.24, 2.45) is 5.92 Å². The van der Waals surface area contributed by atoms with E-state index in [0.29, 0.717) is 44.8 Å². The number of nitro benzene ring substituents is 1. The fourth-order valence-electron chi connectivity index (χ4n) is 4.16. The van der Waals surface area contributed by atoms with E-state index < -0.39 is 4.92 Å². The summed E-state index contributed by atoms with van der Waals surface area (Å²) in [6.07, 6.45) is 4.51. The van der Waals surface area contributed by atoms with Gasteiger partial charge in [-0.05, 0) is 31.0 Å². The van der Waals surface area contributed by atoms with E-state index in [0.717, 1.165) is 18.5 Å². The number of nitro groups is 1. The third-order valence-electron chi connectivity index (χ3n) is 5.84. The van der Waals surface area contributed by atoms with Crippen molar-refractivity contribution in [3.05, 3.63) is 58.5 Å². The van der Waals surface area contributed by atoms with Gasteiger partial charge in [-0.3, -0.25) is 19.7 Å². The number of carbonyl (C=O) groups excluding carboxylic acids is 2. The third kappa shape index (κ3) is 4.14. The van der Waals surface area contributed by atoms with Crippen molar-refractivity contribution in [2.75, 3.05) is 44.2 Å². The Labute approximate surface area is 174 Å². The Morgan fingerprint density at radius 3 is 2.37 bits per heavy atom. The summed E-state index contributed by atoms with van der Waals surface area (Å²) < 4.78 is 5.00. The molecule has 0 aliphatic carbocycles. The van der Waals surface area contributed by atoms with E-state index in [-0.39, 0.29) is 23.4 Å². The zero-order valence-electron chi connectivity index (χ0n) is 16.6. The zero-order valence-corrected chi connectivity index (χ0v) is 16.6. The number of piperidine rings is 1. The Morgan fingerprint density at radius 1 is 1.00 bits per heavy atom. The summed E-state index contributed by atoms with van der Waals surface area (Å²) in [5, 5.41) is 10.8. The molecule has 9 nitrogen and oxygen atoms in total. The van der Waals surface area contributed by atoms with E-state index in [4.69, 9.17) is 4.42 Å². The molecular formula is C21H24N4O5. The average Bonchev–Trinajstić information content (AvgIpc) is 3.33. The van der Waals surface area contributed by atoms with Crippen LogP contribution >= 0.6 is 0 Å². The van der Waals surface area contributed by atoms with Crippen LogP contribution < -0.4 is 4.90 Å². The quantitative estimate of drug-likeness (QED) is 0.565. The highest BCUT2D eigenvalue weighted by molar-refractivity contribution is 5.94. The Kier molecular flexibility index (Phi) is 5.69. The molecule has 2 aliphatic rings. The first-order chi connectivity index (χ1) is 14.5. The Bertz CT molecular complexity index is 904. The predicted molar refractivity (Wildman–Crippen MR) is 109 cm³/mol. The van der Waals surface area contributed by atoms with Crippen LogP contribution in [0.1, 0.15) is 23.2 Å². The van der Waals surface area contributed by atoms with Crippen LogP contribution in [0.2, 0.25) is 0 Å². The third-order valence-corrected chi connectivity index (χ3v) is 5.84. The fourth-order valence-corrected chi connectivity index (χ4v) is 4.16. The molecule has 2 fully saturated rings. The fraction of sp³-hybridized carbons (Fsp3) is 0.429. The monoisotopic (exact) mass is 412 g/mol. The van der Waals surface area contributed by atoms with Crippen LogP contribution in [0.5, 0.6) is 0 Å². The normalized spacial score (nSPS) is 19.6. The highest BCUT2D eigenvalue weighted by Gasteiger charge is 2.33. The van der Waals surface area contributed by atoms with Gasteiger partial charge in [0.25, 0.3) is 11.6 Å². The molecule has 158 valence electrons. The summed E-state index contributed by atoms with van der Waals surface area (Å²) in [6.45, 7) is 3.64. The molecule has 3 heterocycles. The van der Waals surface area contributed by atoms with Crippen LogP contribution in [0.3, 0.4) is 0 Å². The van der Waals surface area contributed by atoms with Gasteiger partial charge < -0.3 is 19.1 Å². The molecule has 2 saturated heterocycles. The van der Waals surface area contributed by atoms with Crippen LogP contribution in [0, 0.1) is 16.0 Å². The second kappa shape index (κ2) is 8.56. The molecule has 0 unspecified atom stereocenters. The lowest BCUT2D eigenvalue weighted by Crippen LogP contribution is -2.53. The number of furan rings is 1. The molecule has 4 rings (SSSR count). The summed E-state index contributed by atoms with van der Waals surface area (Å²) in [6, 6.07) is 8.14. The second-order valence-electron chi connectivity index (χ2n) is 7.69. The summed E-state index contributed by atoms with van der Waals surface area (Å²) in [5.74, 6) is -0.173. The van der Waals surface area contributed by atoms with Gasteiger partial charge >= 0.3 is 0 Å². The van der Waals surface area contributed by atoms with Gasteiger partial charge in [-0.25, -0.2) is 0 Å². The van der Waals surface area contributed by atoms with E-state index in [1.165, 1.54) is 24.7 Å². The predicted octanol–water partition coefficient (Wildman–Crippen LogP) is 2.39. The molecule has 30 heavy (non-hydrogen) atoms. The van der Waals surface area contributed by atoms with Crippen LogP contribution in [0.25, 0.3) is 0 Å². The number of benzene rings is 1. The van der Waals surface area contributed by atoms with Crippen LogP contribution in [-0.2, 0) is 4.79 Å². The van der Waals surface area contributed by atoms with Crippen molar-refractivity contribution in [2.45, 2.75) is 12.8 Å². The van der Waals surface area contributed by atoms with Crippen molar-refractivity contribution in [1.82, 2.24) is 9.80 Å². The summed E-state index contributed by atoms with van der Waals surface area (Å²) in [4.78, 5) is 41.7. The molecule has 1 atom stereocenters. The molecule has 0 spiro atoms. The largest absolute Gasteiger partial charge is 0.472 e. The molecule has 2 aliphatic heterocycles. The Morgan fingerprint density at radius 2 is 1.73 bits per heavy atom. The molecule has 1 aromatic heterocycles. The number of hydrogen-bond donors (Lipinski definition) is 0. The number of non-ortho nitro benzene ring substituents is 1. The minimum atomic E-state index is -0.412. The lowest BCUT2D eigenvalue weighted by atomic mass is 9.95. The van der Waals surface area contributed by atoms with E-state index >= 15 is 0 Å². The Hall–Kier alpha value is -3.36. The van der Waals surface area contributed by atoms with Gasteiger partial charge in [0.2, 0.25) is 5.91 Å². The molecule has 0 radical (unpaired) electrons. The molecule has 0 saturated carbocycles. The SMILES string of the molecule is O=C(c1ccoc1)N1CCC[C@@H](C(=O)N2CCN(c3ccc([N+](=O)[O-])cc3)CC2)C1. The van der Waals surface area contributed by atoms with Gasteiger partial charge in [0.1, 0.15) is 6.26 Å². The van der Waals surface area contributed by atoms with Crippen molar-refractivity contribution in [1.29, 1.82) is 0 Å².